The summed E-state index contributed by atoms with van der Waals surface area (Å²) in [5, 5.41) is 62.9. The fraction of sp³-hybridized carbons (Fsp3) is 0.100. The summed E-state index contributed by atoms with van der Waals surface area (Å²) >= 11 is 0. The van der Waals surface area contributed by atoms with Gasteiger partial charge in [0.15, 0.2) is 0 Å². The molecule has 130 valence electrons. The Morgan fingerprint density at radius 2 is 0.500 bits per heavy atom. The van der Waals surface area contributed by atoms with Gasteiger partial charge in [-0.15, -0.1) is 0 Å². The Morgan fingerprint density at radius 3 is 0.654 bits per heavy atom. The number of hydrogen-bond acceptors (Lipinski definition) is 6. The van der Waals surface area contributed by atoms with Crippen LogP contribution in [0.1, 0.15) is 45.2 Å². The van der Waals surface area contributed by atoms with E-state index < -0.39 is 11.8 Å². The summed E-state index contributed by atoms with van der Waals surface area (Å²) in [5.41, 5.74) is 2.07. The molecule has 0 atom stereocenters. The smallest absolute Gasteiger partial charge is 0.120 e. The van der Waals surface area contributed by atoms with Crippen molar-refractivity contribution in [3.05, 3.63) is 69.8 Å². The lowest BCUT2D eigenvalue weighted by molar-refractivity contribution is 0.407. The van der Waals surface area contributed by atoms with Crippen LogP contribution in [0.3, 0.4) is 0 Å². The largest absolute Gasteiger partial charge is 0.508 e. The van der Waals surface area contributed by atoms with Crippen molar-refractivity contribution in [3.63, 3.8) is 0 Å². The van der Waals surface area contributed by atoms with Crippen LogP contribution in [0, 0.1) is 0 Å². The zero-order valence-electron chi connectivity index (χ0n) is 13.3. The molecule has 6 nitrogen and oxygen atoms in total. The van der Waals surface area contributed by atoms with Gasteiger partial charge in [0.25, 0.3) is 0 Å². The minimum absolute atomic E-state index is 0.102. The average Bonchev–Trinajstić information content (AvgIpc) is 2.63. The van der Waals surface area contributed by atoms with E-state index in [2.05, 4.69) is 0 Å². The van der Waals surface area contributed by atoms with E-state index >= 15 is 0 Å². The van der Waals surface area contributed by atoms with Crippen molar-refractivity contribution in [2.24, 2.45) is 0 Å². The molecule has 0 amide bonds. The third-order valence-electron chi connectivity index (χ3n) is 5.46. The quantitative estimate of drug-likeness (QED) is 0.239. The Bertz CT molecular complexity index is 890. The highest BCUT2D eigenvalue weighted by atomic mass is 16.3. The molecule has 0 unspecified atom stereocenters. The lowest BCUT2D eigenvalue weighted by atomic mass is 9.59. The maximum absolute atomic E-state index is 10.5. The first-order chi connectivity index (χ1) is 12.4. The Morgan fingerprint density at radius 1 is 0.346 bits per heavy atom. The van der Waals surface area contributed by atoms with Crippen LogP contribution in [-0.2, 0) is 0 Å². The molecule has 3 aliphatic rings. The van der Waals surface area contributed by atoms with Crippen molar-refractivity contribution in [2.45, 2.75) is 11.8 Å². The van der Waals surface area contributed by atoms with Gasteiger partial charge in [0.05, 0.1) is 0 Å². The van der Waals surface area contributed by atoms with E-state index in [-0.39, 0.29) is 34.5 Å². The van der Waals surface area contributed by atoms with E-state index in [1.54, 1.807) is 0 Å². The highest BCUT2D eigenvalue weighted by molar-refractivity contribution is 5.79. The average molecular weight is 350 g/mol. The Hall–Kier alpha value is -3.54. The minimum atomic E-state index is -0.841. The molecule has 6 N–H and O–H groups in total. The first kappa shape index (κ1) is 14.8. The molecule has 3 aromatic carbocycles. The van der Waals surface area contributed by atoms with Gasteiger partial charge >= 0.3 is 0 Å². The van der Waals surface area contributed by atoms with Crippen molar-refractivity contribution in [1.29, 1.82) is 0 Å². The number of rotatable bonds is 0. The Kier molecular flexibility index (Phi) is 2.58. The molecule has 0 spiro atoms. The van der Waals surface area contributed by atoms with Crippen molar-refractivity contribution in [2.75, 3.05) is 0 Å². The zero-order valence-corrected chi connectivity index (χ0v) is 13.3. The standard InChI is InChI=1S/C20H14O6/c21-7-1-2-8(22)14-13(7)19-15-9(23)3-5-11(25)17(15)20(14)18-12(26)6-4-10(24)16(18)19/h1-6,19-26H. The van der Waals surface area contributed by atoms with Gasteiger partial charge in [-0.1, -0.05) is 0 Å². The van der Waals surface area contributed by atoms with E-state index in [0.717, 1.165) is 0 Å². The molecule has 0 radical (unpaired) electrons. The van der Waals surface area contributed by atoms with Gasteiger partial charge in [-0.2, -0.15) is 0 Å². The van der Waals surface area contributed by atoms with Gasteiger partial charge in [-0.05, 0) is 36.4 Å². The number of benzene rings is 3. The molecule has 2 bridgehead atoms. The first-order valence-electron chi connectivity index (χ1n) is 8.06. The molecule has 6 rings (SSSR count). The molecule has 0 heterocycles. The molecule has 6 heteroatoms. The molecule has 0 aliphatic heterocycles. The second-order valence-electron chi connectivity index (χ2n) is 6.66. The van der Waals surface area contributed by atoms with Crippen molar-refractivity contribution in [3.8, 4) is 34.5 Å². The monoisotopic (exact) mass is 350 g/mol. The molecule has 3 aromatic rings. The third-order valence-corrected chi connectivity index (χ3v) is 5.46. The molecule has 26 heavy (non-hydrogen) atoms. The second-order valence-corrected chi connectivity index (χ2v) is 6.66. The van der Waals surface area contributed by atoms with Gasteiger partial charge < -0.3 is 30.6 Å². The summed E-state index contributed by atoms with van der Waals surface area (Å²) in [4.78, 5) is 0. The van der Waals surface area contributed by atoms with Gasteiger partial charge in [-0.3, -0.25) is 0 Å². The number of hydrogen-bond donors (Lipinski definition) is 6. The lowest BCUT2D eigenvalue weighted by Crippen LogP contribution is -2.28. The molecule has 0 aromatic heterocycles. The normalized spacial score (nSPS) is 18.9. The van der Waals surface area contributed by atoms with Crippen molar-refractivity contribution >= 4 is 0 Å². The van der Waals surface area contributed by atoms with Crippen LogP contribution in [0.4, 0.5) is 0 Å². The van der Waals surface area contributed by atoms with Crippen LogP contribution < -0.4 is 0 Å². The maximum atomic E-state index is 10.5. The fourth-order valence-electron chi connectivity index (χ4n) is 4.53. The predicted molar refractivity (Wildman–Crippen MR) is 91.2 cm³/mol. The molecular formula is C20H14O6. The highest BCUT2D eigenvalue weighted by Crippen LogP contribution is 2.65. The first-order valence-corrected chi connectivity index (χ1v) is 8.06. The molecule has 0 saturated heterocycles. The topological polar surface area (TPSA) is 121 Å². The Balaban J connectivity index is 2.03. The van der Waals surface area contributed by atoms with Crippen LogP contribution in [0.5, 0.6) is 34.5 Å². The van der Waals surface area contributed by atoms with E-state index in [4.69, 9.17) is 0 Å². The van der Waals surface area contributed by atoms with Crippen LogP contribution in [-0.4, -0.2) is 30.6 Å². The summed E-state index contributed by atoms with van der Waals surface area (Å²) in [7, 11) is 0. The molecular weight excluding hydrogens is 336 g/mol. The minimum Gasteiger partial charge on any atom is -0.508 e. The number of phenolic OH excluding ortho intramolecular Hbond substituents is 6. The number of phenols is 6. The zero-order chi connectivity index (χ0) is 18.3. The van der Waals surface area contributed by atoms with Crippen LogP contribution >= 0.6 is 0 Å². The van der Waals surface area contributed by atoms with Gasteiger partial charge in [0.1, 0.15) is 34.5 Å². The van der Waals surface area contributed by atoms with E-state index in [1.165, 1.54) is 36.4 Å². The fourth-order valence-corrected chi connectivity index (χ4v) is 4.53. The summed E-state index contributed by atoms with van der Waals surface area (Å²) in [6.45, 7) is 0. The van der Waals surface area contributed by atoms with Crippen molar-refractivity contribution in [1.82, 2.24) is 0 Å². The van der Waals surface area contributed by atoms with Crippen LogP contribution in [0.25, 0.3) is 0 Å². The van der Waals surface area contributed by atoms with E-state index in [1.807, 2.05) is 0 Å². The van der Waals surface area contributed by atoms with Crippen LogP contribution in [0.2, 0.25) is 0 Å². The van der Waals surface area contributed by atoms with Gasteiger partial charge in [0, 0.05) is 45.2 Å². The molecule has 0 fully saturated rings. The summed E-state index contributed by atoms with van der Waals surface area (Å²) in [6.07, 6.45) is 0. The maximum Gasteiger partial charge on any atom is 0.120 e. The summed E-state index contributed by atoms with van der Waals surface area (Å²) in [5.74, 6) is -2.30. The summed E-state index contributed by atoms with van der Waals surface area (Å²) < 4.78 is 0. The third kappa shape index (κ3) is 1.52. The SMILES string of the molecule is Oc1ccc(O)c2c1C1c3c(O)ccc(O)c3C2c2c(O)ccc(O)c21. The Labute approximate surface area is 147 Å². The van der Waals surface area contributed by atoms with E-state index in [9.17, 15) is 30.6 Å². The van der Waals surface area contributed by atoms with Gasteiger partial charge in [0.2, 0.25) is 0 Å². The highest BCUT2D eigenvalue weighted by Gasteiger charge is 2.49. The van der Waals surface area contributed by atoms with Gasteiger partial charge in [-0.25, -0.2) is 0 Å². The molecule has 3 aliphatic carbocycles. The lowest BCUT2D eigenvalue weighted by Gasteiger charge is -2.43. The van der Waals surface area contributed by atoms with E-state index in [0.29, 0.717) is 33.4 Å². The van der Waals surface area contributed by atoms with Crippen LogP contribution in [0.15, 0.2) is 36.4 Å². The number of aromatic hydroxyl groups is 6. The predicted octanol–water partition coefficient (Wildman–Crippen LogP) is 2.91. The molecule has 0 saturated carbocycles. The van der Waals surface area contributed by atoms with Crippen molar-refractivity contribution < 1.29 is 30.6 Å². The summed E-state index contributed by atoms with van der Waals surface area (Å²) in [6, 6.07) is 8.05. The second kappa shape index (κ2) is 4.54.